The van der Waals surface area contributed by atoms with Crippen molar-refractivity contribution in [2.45, 2.75) is 26.9 Å². The molecule has 0 fully saturated rings. The van der Waals surface area contributed by atoms with E-state index in [0.717, 1.165) is 0 Å². The van der Waals surface area contributed by atoms with Crippen LogP contribution in [-0.4, -0.2) is 50.1 Å². The number of aromatic nitrogens is 1. The van der Waals surface area contributed by atoms with Crippen LogP contribution < -0.4 is 9.47 Å². The van der Waals surface area contributed by atoms with E-state index in [4.69, 9.17) is 18.9 Å². The number of nitrogens with one attached hydrogen (secondary N) is 1. The lowest BCUT2D eigenvalue weighted by Gasteiger charge is -2.15. The molecule has 0 aliphatic rings. The lowest BCUT2D eigenvalue weighted by molar-refractivity contribution is 0.0310. The van der Waals surface area contributed by atoms with E-state index < -0.39 is 23.8 Å². The Balaban J connectivity index is 2.29. The highest BCUT2D eigenvalue weighted by Crippen LogP contribution is 2.29. The molecule has 0 saturated carbocycles. The fourth-order valence-corrected chi connectivity index (χ4v) is 2.93. The number of H-pyrrole nitrogens is 1. The number of Topliss-reactive ketones (excluding diaryl/α,β-unsaturated/α-hetero) is 1. The van der Waals surface area contributed by atoms with Gasteiger partial charge in [-0.15, -0.1) is 0 Å². The van der Waals surface area contributed by atoms with E-state index in [2.05, 4.69) is 4.98 Å². The summed E-state index contributed by atoms with van der Waals surface area (Å²) >= 11 is 0. The average molecular weight is 389 g/mol. The second-order valence-corrected chi connectivity index (χ2v) is 6.07. The maximum absolute atomic E-state index is 12.8. The van der Waals surface area contributed by atoms with E-state index in [0.29, 0.717) is 11.3 Å². The zero-order valence-electron chi connectivity index (χ0n) is 16.7. The van der Waals surface area contributed by atoms with Crippen molar-refractivity contribution in [2.75, 3.05) is 21.3 Å². The van der Waals surface area contributed by atoms with Gasteiger partial charge in [0.2, 0.25) is 5.78 Å². The van der Waals surface area contributed by atoms with Crippen molar-refractivity contribution in [3.63, 3.8) is 0 Å². The Morgan fingerprint density at radius 2 is 1.50 bits per heavy atom. The third-order valence-corrected chi connectivity index (χ3v) is 4.36. The number of methoxy groups -OCH3 is 3. The number of esters is 2. The molecule has 150 valence electrons. The van der Waals surface area contributed by atoms with Crippen molar-refractivity contribution in [3.05, 3.63) is 46.3 Å². The van der Waals surface area contributed by atoms with Crippen LogP contribution in [0.25, 0.3) is 0 Å². The summed E-state index contributed by atoms with van der Waals surface area (Å²) in [6.45, 7) is 4.74. The van der Waals surface area contributed by atoms with Gasteiger partial charge in [0.15, 0.2) is 6.10 Å². The van der Waals surface area contributed by atoms with Crippen LogP contribution in [0.5, 0.6) is 11.5 Å². The SMILES string of the molecule is COC(=O)c1c(C)[nH]c(C(=O)[C@H](C)OC(=O)c2c(OC)cccc2OC)c1C. The zero-order chi connectivity index (χ0) is 21.0. The molecule has 2 rings (SSSR count). The van der Waals surface area contributed by atoms with Crippen molar-refractivity contribution in [2.24, 2.45) is 0 Å². The molecule has 8 nitrogen and oxygen atoms in total. The van der Waals surface area contributed by atoms with Crippen molar-refractivity contribution < 1.29 is 33.3 Å². The molecule has 0 aliphatic carbocycles. The first-order chi connectivity index (χ1) is 13.3. The van der Waals surface area contributed by atoms with Crippen LogP contribution in [0.2, 0.25) is 0 Å². The topological polar surface area (TPSA) is 104 Å². The fourth-order valence-electron chi connectivity index (χ4n) is 2.93. The molecule has 1 N–H and O–H groups in total. The number of ether oxygens (including phenoxy) is 4. The van der Waals surface area contributed by atoms with E-state index in [1.165, 1.54) is 28.3 Å². The third kappa shape index (κ3) is 3.85. The summed E-state index contributed by atoms with van der Waals surface area (Å²) in [7, 11) is 4.10. The van der Waals surface area contributed by atoms with Crippen molar-refractivity contribution >= 4 is 17.7 Å². The van der Waals surface area contributed by atoms with E-state index in [9.17, 15) is 14.4 Å². The number of ketones is 1. The van der Waals surface area contributed by atoms with Crippen LogP contribution in [0.3, 0.4) is 0 Å². The molecule has 0 amide bonds. The monoisotopic (exact) mass is 389 g/mol. The maximum atomic E-state index is 12.8. The van der Waals surface area contributed by atoms with Gasteiger partial charge in [0.05, 0.1) is 32.6 Å². The Hall–Kier alpha value is -3.29. The predicted molar refractivity (Wildman–Crippen MR) is 100 cm³/mol. The lowest BCUT2D eigenvalue weighted by atomic mass is 10.1. The smallest absolute Gasteiger partial charge is 0.346 e. The highest BCUT2D eigenvalue weighted by atomic mass is 16.6. The Kier molecular flexibility index (Phi) is 6.45. The number of hydrogen-bond donors (Lipinski definition) is 1. The number of aryl methyl sites for hydroxylation is 1. The fraction of sp³-hybridized carbons (Fsp3) is 0.350. The molecule has 28 heavy (non-hydrogen) atoms. The molecule has 0 saturated heterocycles. The predicted octanol–water partition coefficient (Wildman–Crippen LogP) is 2.86. The molecule has 0 radical (unpaired) electrons. The van der Waals surface area contributed by atoms with Crippen molar-refractivity contribution in [1.29, 1.82) is 0 Å². The van der Waals surface area contributed by atoms with Crippen molar-refractivity contribution in [3.8, 4) is 11.5 Å². The first-order valence-electron chi connectivity index (χ1n) is 8.50. The molecule has 1 heterocycles. The Morgan fingerprint density at radius 3 is 2.00 bits per heavy atom. The van der Waals surface area contributed by atoms with Crippen LogP contribution in [-0.2, 0) is 9.47 Å². The van der Waals surface area contributed by atoms with Crippen LogP contribution in [0.4, 0.5) is 0 Å². The number of aromatic amines is 1. The minimum atomic E-state index is -1.11. The molecule has 8 heteroatoms. The molecule has 1 aromatic heterocycles. The standard InChI is InChI=1S/C20H23NO7/c1-10-15(19(23)27-6)11(2)21-17(10)18(22)12(3)28-20(24)16-13(25-4)8-7-9-14(16)26-5/h7-9,12,21H,1-6H3/t12-/m0/s1. The van der Waals surface area contributed by atoms with Gasteiger partial charge in [-0.25, -0.2) is 9.59 Å². The minimum Gasteiger partial charge on any atom is -0.496 e. The van der Waals surface area contributed by atoms with Gasteiger partial charge >= 0.3 is 11.9 Å². The molecule has 0 bridgehead atoms. The number of benzene rings is 1. The van der Waals surface area contributed by atoms with Gasteiger partial charge in [0.25, 0.3) is 0 Å². The van der Waals surface area contributed by atoms with Crippen LogP contribution in [0.15, 0.2) is 18.2 Å². The average Bonchev–Trinajstić information content (AvgIpc) is 2.99. The van der Waals surface area contributed by atoms with Crippen LogP contribution in [0.1, 0.15) is 49.4 Å². The van der Waals surface area contributed by atoms with Crippen LogP contribution >= 0.6 is 0 Å². The number of carbonyl (C=O) groups is 3. The largest absolute Gasteiger partial charge is 0.496 e. The quantitative estimate of drug-likeness (QED) is 0.573. The molecule has 0 aliphatic heterocycles. The van der Waals surface area contributed by atoms with Gasteiger partial charge in [0.1, 0.15) is 17.1 Å². The minimum absolute atomic E-state index is 0.0850. The number of hydrogen-bond acceptors (Lipinski definition) is 7. The molecular formula is C20H23NO7. The van der Waals surface area contributed by atoms with Crippen molar-refractivity contribution in [1.82, 2.24) is 4.98 Å². The molecule has 2 aromatic rings. The first-order valence-corrected chi connectivity index (χ1v) is 8.50. The molecule has 1 aromatic carbocycles. The van der Waals surface area contributed by atoms with E-state index in [1.807, 2.05) is 0 Å². The first kappa shape index (κ1) is 21.0. The molecule has 0 spiro atoms. The van der Waals surface area contributed by atoms with Gasteiger partial charge in [-0.3, -0.25) is 4.79 Å². The normalized spacial score (nSPS) is 11.5. The summed E-state index contributed by atoms with van der Waals surface area (Å²) < 4.78 is 20.5. The van der Waals surface area contributed by atoms with Gasteiger partial charge in [0, 0.05) is 5.69 Å². The van der Waals surface area contributed by atoms with Crippen LogP contribution in [0, 0.1) is 13.8 Å². The Labute approximate surface area is 162 Å². The lowest BCUT2D eigenvalue weighted by Crippen LogP contribution is -2.26. The summed E-state index contributed by atoms with van der Waals surface area (Å²) in [6, 6.07) is 4.85. The van der Waals surface area contributed by atoms with E-state index >= 15 is 0 Å². The summed E-state index contributed by atoms with van der Waals surface area (Å²) in [6.07, 6.45) is -1.11. The summed E-state index contributed by atoms with van der Waals surface area (Å²) in [4.78, 5) is 40.2. The van der Waals surface area contributed by atoms with Gasteiger partial charge < -0.3 is 23.9 Å². The summed E-state index contributed by atoms with van der Waals surface area (Å²) in [5.41, 5.74) is 1.49. The number of rotatable bonds is 7. The summed E-state index contributed by atoms with van der Waals surface area (Å²) in [5.74, 6) is -1.25. The number of carbonyl (C=O) groups excluding carboxylic acids is 3. The Bertz CT molecular complexity index is 891. The third-order valence-electron chi connectivity index (χ3n) is 4.36. The molecule has 1 atom stereocenters. The van der Waals surface area contributed by atoms with Gasteiger partial charge in [-0.1, -0.05) is 6.07 Å². The molecular weight excluding hydrogens is 366 g/mol. The molecule has 0 unspecified atom stereocenters. The van der Waals surface area contributed by atoms with E-state index in [1.54, 1.807) is 32.0 Å². The zero-order valence-corrected chi connectivity index (χ0v) is 16.7. The highest BCUT2D eigenvalue weighted by molar-refractivity contribution is 6.05. The second-order valence-electron chi connectivity index (χ2n) is 6.07. The second kappa shape index (κ2) is 8.60. The van der Waals surface area contributed by atoms with Gasteiger partial charge in [-0.2, -0.15) is 0 Å². The maximum Gasteiger partial charge on any atom is 0.346 e. The van der Waals surface area contributed by atoms with Gasteiger partial charge in [-0.05, 0) is 38.5 Å². The van der Waals surface area contributed by atoms with E-state index in [-0.39, 0.29) is 28.3 Å². The highest BCUT2D eigenvalue weighted by Gasteiger charge is 2.29. The Morgan fingerprint density at radius 1 is 0.929 bits per heavy atom. The summed E-state index contributed by atoms with van der Waals surface area (Å²) in [5, 5.41) is 0.